The summed E-state index contributed by atoms with van der Waals surface area (Å²) in [7, 11) is 0. The Balaban J connectivity index is 2.23. The Labute approximate surface area is 107 Å². The first-order valence-corrected chi connectivity index (χ1v) is 6.17. The van der Waals surface area contributed by atoms with Gasteiger partial charge in [-0.3, -0.25) is 0 Å². The second-order valence-corrected chi connectivity index (χ2v) is 4.93. The predicted molar refractivity (Wildman–Crippen MR) is 74.2 cm³/mol. The van der Waals surface area contributed by atoms with Crippen LogP contribution in [0.15, 0.2) is 48.0 Å². The fourth-order valence-corrected chi connectivity index (χ4v) is 2.66. The molecule has 0 saturated carbocycles. The van der Waals surface area contributed by atoms with E-state index in [-0.39, 0.29) is 0 Å². The largest absolute Gasteiger partial charge is 0.0840 e. The van der Waals surface area contributed by atoms with Crippen molar-refractivity contribution in [2.24, 2.45) is 0 Å². The highest BCUT2D eigenvalue weighted by atomic mass is 35.5. The average molecular weight is 241 g/mol. The SMILES string of the molecule is CC1=Cc2c(-c3ccccc3)ccc(Cl)c2C1. The number of benzene rings is 2. The highest BCUT2D eigenvalue weighted by Gasteiger charge is 2.17. The Bertz CT molecular complexity index is 594. The molecule has 0 saturated heterocycles. The quantitative estimate of drug-likeness (QED) is 0.661. The van der Waals surface area contributed by atoms with E-state index in [1.807, 2.05) is 12.1 Å². The smallest absolute Gasteiger partial charge is 0.0447 e. The van der Waals surface area contributed by atoms with Crippen molar-refractivity contribution in [3.05, 3.63) is 64.2 Å². The van der Waals surface area contributed by atoms with Gasteiger partial charge in [0.1, 0.15) is 0 Å². The van der Waals surface area contributed by atoms with Gasteiger partial charge in [-0.2, -0.15) is 0 Å². The molecule has 0 N–H and O–H groups in total. The third-order valence-electron chi connectivity index (χ3n) is 3.23. The van der Waals surface area contributed by atoms with E-state index in [0.29, 0.717) is 0 Å². The van der Waals surface area contributed by atoms with Gasteiger partial charge in [-0.25, -0.2) is 0 Å². The molecule has 0 amide bonds. The van der Waals surface area contributed by atoms with Gasteiger partial charge >= 0.3 is 0 Å². The van der Waals surface area contributed by atoms with Crippen LogP contribution in [0.3, 0.4) is 0 Å². The van der Waals surface area contributed by atoms with Crippen molar-refractivity contribution in [1.29, 1.82) is 0 Å². The first-order chi connectivity index (χ1) is 8.25. The van der Waals surface area contributed by atoms with Gasteiger partial charge in [0, 0.05) is 5.02 Å². The molecule has 2 aromatic rings. The fraction of sp³-hybridized carbons (Fsp3) is 0.125. The fourth-order valence-electron chi connectivity index (χ4n) is 2.43. The average Bonchev–Trinajstić information content (AvgIpc) is 2.73. The van der Waals surface area contributed by atoms with Crippen molar-refractivity contribution < 1.29 is 0 Å². The molecule has 0 spiro atoms. The van der Waals surface area contributed by atoms with Gasteiger partial charge in [-0.15, -0.1) is 0 Å². The van der Waals surface area contributed by atoms with Crippen LogP contribution in [0.25, 0.3) is 17.2 Å². The van der Waals surface area contributed by atoms with Crippen LogP contribution in [0.2, 0.25) is 5.02 Å². The predicted octanol–water partition coefficient (Wildman–Crippen LogP) is 4.97. The minimum atomic E-state index is 0.882. The number of halogens is 1. The molecular formula is C16H13Cl. The number of hydrogen-bond donors (Lipinski definition) is 0. The molecule has 0 radical (unpaired) electrons. The summed E-state index contributed by atoms with van der Waals surface area (Å²) in [5.41, 5.74) is 6.48. The van der Waals surface area contributed by atoms with Crippen molar-refractivity contribution in [2.75, 3.05) is 0 Å². The third-order valence-corrected chi connectivity index (χ3v) is 3.59. The van der Waals surface area contributed by atoms with Gasteiger partial charge in [0.15, 0.2) is 0 Å². The summed E-state index contributed by atoms with van der Waals surface area (Å²) < 4.78 is 0. The summed E-state index contributed by atoms with van der Waals surface area (Å²) in [5.74, 6) is 0. The lowest BCUT2D eigenvalue weighted by Crippen LogP contribution is -1.88. The molecule has 0 heterocycles. The number of hydrogen-bond acceptors (Lipinski definition) is 0. The van der Waals surface area contributed by atoms with Crippen LogP contribution in [0.4, 0.5) is 0 Å². The van der Waals surface area contributed by atoms with Crippen molar-refractivity contribution in [3.8, 4) is 11.1 Å². The Kier molecular flexibility index (Phi) is 2.53. The summed E-state index contributed by atoms with van der Waals surface area (Å²) in [4.78, 5) is 0. The summed E-state index contributed by atoms with van der Waals surface area (Å²) in [6.07, 6.45) is 3.23. The van der Waals surface area contributed by atoms with Crippen LogP contribution < -0.4 is 0 Å². The molecule has 0 unspecified atom stereocenters. The summed E-state index contributed by atoms with van der Waals surface area (Å²) in [5, 5.41) is 0.882. The maximum absolute atomic E-state index is 6.26. The Morgan fingerprint density at radius 1 is 1.00 bits per heavy atom. The second-order valence-electron chi connectivity index (χ2n) is 4.52. The zero-order valence-electron chi connectivity index (χ0n) is 9.70. The number of rotatable bonds is 1. The maximum atomic E-state index is 6.26. The highest BCUT2D eigenvalue weighted by Crippen LogP contribution is 2.37. The van der Waals surface area contributed by atoms with Crippen LogP contribution in [0.5, 0.6) is 0 Å². The van der Waals surface area contributed by atoms with Gasteiger partial charge < -0.3 is 0 Å². The molecule has 0 aromatic heterocycles. The van der Waals surface area contributed by atoms with Crippen molar-refractivity contribution in [3.63, 3.8) is 0 Å². The van der Waals surface area contributed by atoms with E-state index in [0.717, 1.165) is 11.4 Å². The molecule has 1 heteroatoms. The van der Waals surface area contributed by atoms with Crippen LogP contribution >= 0.6 is 11.6 Å². The lowest BCUT2D eigenvalue weighted by Gasteiger charge is -2.09. The van der Waals surface area contributed by atoms with E-state index in [1.165, 1.54) is 27.8 Å². The van der Waals surface area contributed by atoms with E-state index in [4.69, 9.17) is 11.6 Å². The molecule has 0 nitrogen and oxygen atoms in total. The van der Waals surface area contributed by atoms with Crippen LogP contribution in [0.1, 0.15) is 18.1 Å². The molecule has 1 aliphatic carbocycles. The normalized spacial score (nSPS) is 13.4. The topological polar surface area (TPSA) is 0 Å². The van der Waals surface area contributed by atoms with Gasteiger partial charge in [0.05, 0.1) is 0 Å². The Morgan fingerprint density at radius 3 is 2.53 bits per heavy atom. The third kappa shape index (κ3) is 1.79. The van der Waals surface area contributed by atoms with E-state index < -0.39 is 0 Å². The van der Waals surface area contributed by atoms with Crippen molar-refractivity contribution in [1.82, 2.24) is 0 Å². The molecular weight excluding hydrogens is 228 g/mol. The molecule has 3 rings (SSSR count). The molecule has 2 aromatic carbocycles. The minimum absolute atomic E-state index is 0.882. The molecule has 0 bridgehead atoms. The van der Waals surface area contributed by atoms with Gasteiger partial charge in [0.2, 0.25) is 0 Å². The lowest BCUT2D eigenvalue weighted by molar-refractivity contribution is 1.20. The monoisotopic (exact) mass is 240 g/mol. The molecule has 84 valence electrons. The van der Waals surface area contributed by atoms with E-state index in [1.54, 1.807) is 0 Å². The van der Waals surface area contributed by atoms with Crippen LogP contribution in [0, 0.1) is 0 Å². The van der Waals surface area contributed by atoms with E-state index >= 15 is 0 Å². The van der Waals surface area contributed by atoms with E-state index in [2.05, 4.69) is 43.3 Å². The van der Waals surface area contributed by atoms with Crippen molar-refractivity contribution >= 4 is 17.7 Å². The van der Waals surface area contributed by atoms with Crippen LogP contribution in [-0.2, 0) is 6.42 Å². The van der Waals surface area contributed by atoms with Gasteiger partial charge in [0.25, 0.3) is 0 Å². The standard InChI is InChI=1S/C16H13Cl/c1-11-9-14-13(12-5-3-2-4-6-12)7-8-16(17)15(14)10-11/h2-9H,10H2,1H3. The zero-order chi connectivity index (χ0) is 11.8. The highest BCUT2D eigenvalue weighted by molar-refractivity contribution is 6.31. The van der Waals surface area contributed by atoms with Crippen LogP contribution in [-0.4, -0.2) is 0 Å². The molecule has 17 heavy (non-hydrogen) atoms. The molecule has 1 aliphatic rings. The van der Waals surface area contributed by atoms with Gasteiger partial charge in [-0.05, 0) is 41.7 Å². The Morgan fingerprint density at radius 2 is 1.76 bits per heavy atom. The second kappa shape index (κ2) is 4.05. The molecule has 0 aliphatic heterocycles. The first kappa shape index (κ1) is 10.6. The van der Waals surface area contributed by atoms with Crippen molar-refractivity contribution in [2.45, 2.75) is 13.3 Å². The van der Waals surface area contributed by atoms with E-state index in [9.17, 15) is 0 Å². The molecule has 0 fully saturated rings. The zero-order valence-corrected chi connectivity index (χ0v) is 10.5. The van der Waals surface area contributed by atoms with Gasteiger partial charge in [-0.1, -0.05) is 59.6 Å². The summed E-state index contributed by atoms with van der Waals surface area (Å²) in [6, 6.07) is 14.6. The number of allylic oxidation sites excluding steroid dienone is 1. The minimum Gasteiger partial charge on any atom is -0.0840 e. The lowest BCUT2D eigenvalue weighted by atomic mass is 9.97. The summed E-state index contributed by atoms with van der Waals surface area (Å²) >= 11 is 6.26. The first-order valence-electron chi connectivity index (χ1n) is 5.79. The number of fused-ring (bicyclic) bond motifs is 1. The molecule has 0 atom stereocenters. The Hall–Kier alpha value is -1.53. The maximum Gasteiger partial charge on any atom is 0.0447 e. The summed E-state index contributed by atoms with van der Waals surface area (Å²) in [6.45, 7) is 2.16.